The number of nitrogens with zero attached hydrogens (tertiary/aromatic N) is 5. The van der Waals surface area contributed by atoms with Gasteiger partial charge in [0.25, 0.3) is 0 Å². The lowest BCUT2D eigenvalue weighted by Gasteiger charge is -2.32. The van der Waals surface area contributed by atoms with Crippen LogP contribution in [0.25, 0.3) is 11.3 Å². The van der Waals surface area contributed by atoms with Gasteiger partial charge in [0.1, 0.15) is 0 Å². The molecule has 2 aromatic heterocycles. The molecular formula is C24H26N6O3. The number of aryl methyl sites for hydroxylation is 1. The van der Waals surface area contributed by atoms with Crippen LogP contribution in [-0.4, -0.2) is 54.7 Å². The topological polar surface area (TPSA) is 113 Å². The fraction of sp³-hybridized carbons (Fsp3) is 0.375. The van der Waals surface area contributed by atoms with Crippen LogP contribution in [0.2, 0.25) is 0 Å². The SMILES string of the molecule is Cc1cnc(Nc2cnn(C3CCN(C(=O)C4CC4)CC3)c2)nc1-c1ccccc1C(=O)O. The number of carbonyl (C=O) groups is 2. The van der Waals surface area contributed by atoms with E-state index in [1.165, 1.54) is 0 Å². The van der Waals surface area contributed by atoms with Gasteiger partial charge in [-0.15, -0.1) is 0 Å². The molecule has 5 rings (SSSR count). The first-order chi connectivity index (χ1) is 16.0. The van der Waals surface area contributed by atoms with E-state index >= 15 is 0 Å². The van der Waals surface area contributed by atoms with Crippen LogP contribution in [0.15, 0.2) is 42.9 Å². The second-order valence-corrected chi connectivity index (χ2v) is 8.74. The molecular weight excluding hydrogens is 420 g/mol. The van der Waals surface area contributed by atoms with Crippen molar-refractivity contribution in [2.45, 2.75) is 38.6 Å². The largest absolute Gasteiger partial charge is 0.478 e. The van der Waals surface area contributed by atoms with E-state index in [4.69, 9.17) is 0 Å². The van der Waals surface area contributed by atoms with Gasteiger partial charge in [-0.25, -0.2) is 14.8 Å². The first-order valence-electron chi connectivity index (χ1n) is 11.3. The molecule has 0 atom stereocenters. The molecule has 9 heteroatoms. The molecule has 0 spiro atoms. The quantitative estimate of drug-likeness (QED) is 0.594. The van der Waals surface area contributed by atoms with Gasteiger partial charge in [0.15, 0.2) is 0 Å². The summed E-state index contributed by atoms with van der Waals surface area (Å²) in [6.45, 7) is 3.40. The molecule has 0 bridgehead atoms. The van der Waals surface area contributed by atoms with Crippen LogP contribution in [0.3, 0.4) is 0 Å². The number of hydrogen-bond donors (Lipinski definition) is 2. The third kappa shape index (κ3) is 4.44. The zero-order chi connectivity index (χ0) is 22.9. The van der Waals surface area contributed by atoms with Gasteiger partial charge < -0.3 is 15.3 Å². The molecule has 0 radical (unpaired) electrons. The minimum Gasteiger partial charge on any atom is -0.478 e. The highest BCUT2D eigenvalue weighted by Gasteiger charge is 2.35. The van der Waals surface area contributed by atoms with E-state index in [1.807, 2.05) is 22.7 Å². The van der Waals surface area contributed by atoms with E-state index in [9.17, 15) is 14.7 Å². The average Bonchev–Trinajstić information content (AvgIpc) is 3.58. The molecule has 1 saturated carbocycles. The Hall–Kier alpha value is -3.75. The third-order valence-electron chi connectivity index (χ3n) is 6.32. The van der Waals surface area contributed by atoms with Crippen molar-refractivity contribution in [1.29, 1.82) is 0 Å². The number of amides is 1. The molecule has 3 aromatic rings. The Morgan fingerprint density at radius 2 is 1.85 bits per heavy atom. The number of carboxylic acid groups (broad SMARTS) is 1. The highest BCUT2D eigenvalue weighted by atomic mass is 16.4. The van der Waals surface area contributed by atoms with E-state index in [0.717, 1.165) is 50.0 Å². The van der Waals surface area contributed by atoms with Crippen molar-refractivity contribution in [1.82, 2.24) is 24.6 Å². The highest BCUT2D eigenvalue weighted by molar-refractivity contribution is 5.95. The second-order valence-electron chi connectivity index (χ2n) is 8.74. The summed E-state index contributed by atoms with van der Waals surface area (Å²) in [5, 5.41) is 17.2. The molecule has 9 nitrogen and oxygen atoms in total. The molecule has 1 aliphatic heterocycles. The molecule has 170 valence electrons. The minimum absolute atomic E-state index is 0.199. The summed E-state index contributed by atoms with van der Waals surface area (Å²) in [7, 11) is 0. The van der Waals surface area contributed by atoms with E-state index in [2.05, 4.69) is 20.4 Å². The van der Waals surface area contributed by atoms with Crippen molar-refractivity contribution in [2.24, 2.45) is 5.92 Å². The summed E-state index contributed by atoms with van der Waals surface area (Å²) in [5.41, 5.74) is 2.87. The maximum Gasteiger partial charge on any atom is 0.336 e. The lowest BCUT2D eigenvalue weighted by atomic mass is 10.0. The van der Waals surface area contributed by atoms with Crippen LogP contribution in [0.5, 0.6) is 0 Å². The molecule has 33 heavy (non-hydrogen) atoms. The number of likely N-dealkylation sites (tertiary alicyclic amines) is 1. The number of aromatic nitrogens is 4. The van der Waals surface area contributed by atoms with Crippen LogP contribution in [-0.2, 0) is 4.79 Å². The van der Waals surface area contributed by atoms with Gasteiger partial charge in [0, 0.05) is 37.0 Å². The van der Waals surface area contributed by atoms with Crippen LogP contribution in [0.1, 0.15) is 47.6 Å². The van der Waals surface area contributed by atoms with Crippen molar-refractivity contribution < 1.29 is 14.7 Å². The predicted molar refractivity (Wildman–Crippen MR) is 122 cm³/mol. The van der Waals surface area contributed by atoms with Gasteiger partial charge in [0.2, 0.25) is 11.9 Å². The van der Waals surface area contributed by atoms with Crippen molar-refractivity contribution in [3.63, 3.8) is 0 Å². The fourth-order valence-corrected chi connectivity index (χ4v) is 4.32. The number of benzene rings is 1. The molecule has 1 amide bonds. The Labute approximate surface area is 191 Å². The maximum atomic E-state index is 12.3. The molecule has 1 aromatic carbocycles. The number of carboxylic acids is 1. The Morgan fingerprint density at radius 3 is 2.58 bits per heavy atom. The standard InChI is InChI=1S/C24H26N6O3/c1-15-12-25-24(28-21(15)19-4-2-3-5-20(19)23(32)33)27-17-13-26-30(14-17)18-8-10-29(11-9-18)22(31)16-6-7-16/h2-5,12-14,16,18H,6-11H2,1H3,(H,32,33)(H,25,27,28). The molecule has 0 unspecified atom stereocenters. The second kappa shape index (κ2) is 8.65. The molecule has 2 aliphatic rings. The summed E-state index contributed by atoms with van der Waals surface area (Å²) in [5.74, 6) is -0.0403. The number of hydrogen-bond acceptors (Lipinski definition) is 6. The summed E-state index contributed by atoms with van der Waals surface area (Å²) in [6.07, 6.45) is 9.19. The summed E-state index contributed by atoms with van der Waals surface area (Å²) in [6, 6.07) is 7.06. The first-order valence-corrected chi connectivity index (χ1v) is 11.3. The van der Waals surface area contributed by atoms with E-state index in [0.29, 0.717) is 23.1 Å². The van der Waals surface area contributed by atoms with Gasteiger partial charge >= 0.3 is 5.97 Å². The van der Waals surface area contributed by atoms with Crippen LogP contribution in [0.4, 0.5) is 11.6 Å². The van der Waals surface area contributed by atoms with Gasteiger partial charge in [-0.3, -0.25) is 9.48 Å². The van der Waals surface area contributed by atoms with E-state index in [1.54, 1.807) is 36.7 Å². The van der Waals surface area contributed by atoms with E-state index < -0.39 is 5.97 Å². The highest BCUT2D eigenvalue weighted by Crippen LogP contribution is 2.33. The summed E-state index contributed by atoms with van der Waals surface area (Å²) in [4.78, 5) is 34.8. The minimum atomic E-state index is -0.996. The lowest BCUT2D eigenvalue weighted by molar-refractivity contribution is -0.133. The van der Waals surface area contributed by atoms with Crippen LogP contribution < -0.4 is 5.32 Å². The normalized spacial score (nSPS) is 16.6. The summed E-state index contributed by atoms with van der Waals surface area (Å²) >= 11 is 0. The van der Waals surface area contributed by atoms with Crippen molar-refractivity contribution in [3.8, 4) is 11.3 Å². The predicted octanol–water partition coefficient (Wildman–Crippen LogP) is 3.66. The third-order valence-corrected chi connectivity index (χ3v) is 6.32. The van der Waals surface area contributed by atoms with Crippen LogP contribution >= 0.6 is 0 Å². The number of anilines is 2. The molecule has 1 saturated heterocycles. The molecule has 2 fully saturated rings. The zero-order valence-corrected chi connectivity index (χ0v) is 18.4. The maximum absolute atomic E-state index is 12.3. The molecule has 3 heterocycles. The Morgan fingerprint density at radius 1 is 1.09 bits per heavy atom. The number of rotatable bonds is 6. The Kier molecular flexibility index (Phi) is 5.53. The van der Waals surface area contributed by atoms with Gasteiger partial charge in [-0.2, -0.15) is 5.10 Å². The van der Waals surface area contributed by atoms with Crippen molar-refractivity contribution >= 4 is 23.5 Å². The fourth-order valence-electron chi connectivity index (χ4n) is 4.32. The van der Waals surface area contributed by atoms with Gasteiger partial charge in [0.05, 0.1) is 29.2 Å². The van der Waals surface area contributed by atoms with Crippen LogP contribution in [0, 0.1) is 12.8 Å². The molecule has 2 N–H and O–H groups in total. The van der Waals surface area contributed by atoms with Crippen molar-refractivity contribution in [3.05, 3.63) is 54.0 Å². The smallest absolute Gasteiger partial charge is 0.336 e. The molecule has 1 aliphatic carbocycles. The number of piperidine rings is 1. The Bertz CT molecular complexity index is 1190. The number of aromatic carboxylic acids is 1. The monoisotopic (exact) mass is 446 g/mol. The van der Waals surface area contributed by atoms with E-state index in [-0.39, 0.29) is 17.5 Å². The number of carbonyl (C=O) groups excluding carboxylic acids is 1. The Balaban J connectivity index is 1.29. The summed E-state index contributed by atoms with van der Waals surface area (Å²) < 4.78 is 1.94. The van der Waals surface area contributed by atoms with Gasteiger partial charge in [-0.05, 0) is 44.2 Å². The van der Waals surface area contributed by atoms with Gasteiger partial charge in [-0.1, -0.05) is 18.2 Å². The number of nitrogens with one attached hydrogen (secondary N) is 1. The average molecular weight is 447 g/mol. The zero-order valence-electron chi connectivity index (χ0n) is 18.4. The lowest BCUT2D eigenvalue weighted by Crippen LogP contribution is -2.39. The first kappa shape index (κ1) is 21.1. The van der Waals surface area contributed by atoms with Crippen molar-refractivity contribution in [2.75, 3.05) is 18.4 Å².